The van der Waals surface area contributed by atoms with E-state index in [1.165, 1.54) is 24.0 Å². The molecule has 354 valence electrons. The van der Waals surface area contributed by atoms with Crippen molar-refractivity contribution < 1.29 is 29.3 Å². The molecule has 6 aliphatic carbocycles. The molecule has 0 aliphatic heterocycles. The van der Waals surface area contributed by atoms with E-state index in [1.54, 1.807) is 19.4 Å². The van der Waals surface area contributed by atoms with Crippen LogP contribution in [-0.2, 0) is 24.7 Å². The number of allylic oxidation sites excluding steroid dienone is 2. The standard InChI is InChI=1S/C50H75NO6.2C2H6.C2H2/c1-11-12-28-51(50(25-26-50)33-13-15-34(52)16-14-33)29-27-49-22-19-36-35(42(49)41(32(2)3)37(53)30-49)17-18-38-46(36,8)23-24-48(10)45(6,7)39(20-21-47(38,48)9)57-40(54)31-44(4,5)43(55)56;3*1-2/h13-16,32,35-36,38-39,52H,11-12,17-31H2,1-10H3,(H,55,56);2*1-2H3;1-2H/t35?,36?,38?,39?,46?,47?,48-,49?;;;/m0.../s1. The molecule has 0 spiro atoms. The smallest absolute Gasteiger partial charge is 0.309 e. The molecule has 6 aliphatic rings. The Morgan fingerprint density at radius 3 is 2.05 bits per heavy atom. The third-order valence-corrected chi connectivity index (χ3v) is 18.6. The number of Topliss-reactive ketones (excluding diaryl/α,β-unsaturated/α-hetero) is 1. The molecule has 7 heteroatoms. The Morgan fingerprint density at radius 2 is 1.49 bits per heavy atom. The number of esters is 1. The van der Waals surface area contributed by atoms with E-state index in [9.17, 15) is 24.6 Å². The van der Waals surface area contributed by atoms with Crippen LogP contribution in [0.25, 0.3) is 0 Å². The van der Waals surface area contributed by atoms with Crippen LogP contribution in [0.4, 0.5) is 0 Å². The van der Waals surface area contributed by atoms with Crippen LogP contribution in [0.2, 0.25) is 0 Å². The van der Waals surface area contributed by atoms with Gasteiger partial charge in [0, 0.05) is 22.8 Å². The monoisotopic (exact) mass is 872 g/mol. The summed E-state index contributed by atoms with van der Waals surface area (Å²) in [7, 11) is 0. The first-order valence-corrected chi connectivity index (χ1v) is 25.2. The highest BCUT2D eigenvalue weighted by Gasteiger charge is 2.71. The van der Waals surface area contributed by atoms with Crippen molar-refractivity contribution in [3.05, 3.63) is 41.0 Å². The van der Waals surface area contributed by atoms with Crippen molar-refractivity contribution in [3.63, 3.8) is 0 Å². The first-order valence-electron chi connectivity index (χ1n) is 25.2. The predicted octanol–water partition coefficient (Wildman–Crippen LogP) is 13.6. The Labute approximate surface area is 384 Å². The number of unbranched alkanes of at least 4 members (excludes halogenated alkanes) is 1. The number of carbonyl (C=O) groups is 3. The molecule has 63 heavy (non-hydrogen) atoms. The number of terminal acetylenes is 1. The van der Waals surface area contributed by atoms with Crippen LogP contribution in [0.3, 0.4) is 0 Å². The Morgan fingerprint density at radius 1 is 0.873 bits per heavy atom. The summed E-state index contributed by atoms with van der Waals surface area (Å²) in [5, 5.41) is 19.8. The summed E-state index contributed by atoms with van der Waals surface area (Å²) in [6.07, 6.45) is 22.6. The van der Waals surface area contributed by atoms with E-state index in [-0.39, 0.29) is 51.1 Å². The second kappa shape index (κ2) is 19.8. The van der Waals surface area contributed by atoms with Crippen molar-refractivity contribution in [2.75, 3.05) is 13.1 Å². The fraction of sp³-hybridized carbons (Fsp3) is 0.768. The minimum absolute atomic E-state index is 0.0416. The zero-order valence-electron chi connectivity index (χ0n) is 42.3. The summed E-state index contributed by atoms with van der Waals surface area (Å²) in [4.78, 5) is 42.1. The first kappa shape index (κ1) is 52.5. The number of carboxylic acid groups (broad SMARTS) is 1. The van der Waals surface area contributed by atoms with Crippen LogP contribution in [-0.4, -0.2) is 52.0 Å². The number of ether oxygens (including phenoxy) is 1. The summed E-state index contributed by atoms with van der Waals surface area (Å²) in [6, 6.07) is 7.95. The van der Waals surface area contributed by atoms with Crippen molar-refractivity contribution in [2.45, 2.75) is 205 Å². The van der Waals surface area contributed by atoms with Crippen LogP contribution in [0.15, 0.2) is 35.4 Å². The average Bonchev–Trinajstić information content (AvgIpc) is 3.99. The number of carbonyl (C=O) groups excluding carboxylic acids is 2. The largest absolute Gasteiger partial charge is 0.508 e. The van der Waals surface area contributed by atoms with Gasteiger partial charge in [0.05, 0.1) is 11.8 Å². The second-order valence-corrected chi connectivity index (χ2v) is 22.3. The highest BCUT2D eigenvalue weighted by Crippen LogP contribution is 2.77. The van der Waals surface area contributed by atoms with Crippen molar-refractivity contribution >= 4 is 17.7 Å². The van der Waals surface area contributed by atoms with Gasteiger partial charge in [-0.3, -0.25) is 19.3 Å². The molecule has 2 N–H and O–H groups in total. The fourth-order valence-corrected chi connectivity index (χ4v) is 14.6. The maximum absolute atomic E-state index is 14.3. The molecular weight excluding hydrogens is 783 g/mol. The minimum Gasteiger partial charge on any atom is -0.508 e. The number of fused-ring (bicyclic) bond motifs is 7. The van der Waals surface area contributed by atoms with Crippen LogP contribution < -0.4 is 0 Å². The molecule has 7 rings (SSSR count). The molecular formula is C56H89NO6. The lowest BCUT2D eigenvalue weighted by molar-refractivity contribution is -0.255. The van der Waals surface area contributed by atoms with Gasteiger partial charge in [-0.05, 0) is 167 Å². The van der Waals surface area contributed by atoms with Gasteiger partial charge >= 0.3 is 11.9 Å². The lowest BCUT2D eigenvalue weighted by Crippen LogP contribution is -2.67. The molecule has 0 bridgehead atoms. The fourth-order valence-electron chi connectivity index (χ4n) is 14.6. The molecule has 8 atom stereocenters. The van der Waals surface area contributed by atoms with E-state index in [1.807, 2.05) is 39.8 Å². The molecule has 7 unspecified atom stereocenters. The number of aliphatic carboxylic acids is 1. The Hall–Kier alpha value is -3.11. The Kier molecular flexibility index (Phi) is 16.5. The molecule has 5 saturated carbocycles. The molecule has 0 saturated heterocycles. The number of ketones is 1. The second-order valence-electron chi connectivity index (χ2n) is 22.3. The van der Waals surface area contributed by atoms with Gasteiger partial charge in [-0.2, -0.15) is 0 Å². The zero-order chi connectivity index (χ0) is 47.6. The SMILES string of the molecule is C#C.CC.CC.CCCCN(CCC12CCC3C(CCC4C3(C)CC[C@@]3(C)C(C)(C)C(OC(=O)CC(C)(C)C(=O)O)CCC43C)C1=C(C(C)C)C(=O)C2)C1(c2ccc(O)cc2)CC1. The number of phenolic OH excluding ortho intramolecular Hbond substituents is 1. The van der Waals surface area contributed by atoms with Gasteiger partial charge in [0.1, 0.15) is 11.9 Å². The minimum atomic E-state index is -1.16. The number of phenols is 1. The summed E-state index contributed by atoms with van der Waals surface area (Å²) in [5.41, 5.74) is 2.81. The average molecular weight is 872 g/mol. The summed E-state index contributed by atoms with van der Waals surface area (Å²) in [5.74, 6) is 1.14. The van der Waals surface area contributed by atoms with Gasteiger partial charge in [-0.25, -0.2) is 0 Å². The van der Waals surface area contributed by atoms with Gasteiger partial charge in [-0.15, -0.1) is 12.8 Å². The number of hydrogen-bond acceptors (Lipinski definition) is 6. The topological polar surface area (TPSA) is 104 Å². The summed E-state index contributed by atoms with van der Waals surface area (Å²) in [6.45, 7) is 32.4. The Bertz CT molecular complexity index is 1820. The molecule has 7 nitrogen and oxygen atoms in total. The number of carboxylic acids is 1. The number of hydrogen-bond donors (Lipinski definition) is 2. The number of rotatable bonds is 13. The van der Waals surface area contributed by atoms with Gasteiger partial charge in [0.15, 0.2) is 5.78 Å². The lowest BCUT2D eigenvalue weighted by Gasteiger charge is -2.73. The normalized spacial score (nSPS) is 33.4. The van der Waals surface area contributed by atoms with E-state index in [0.717, 1.165) is 83.7 Å². The molecule has 0 heterocycles. The lowest BCUT2D eigenvalue weighted by atomic mass is 9.32. The molecule has 5 fully saturated rings. The molecule has 0 amide bonds. The molecule has 1 aromatic rings. The molecule has 0 aromatic heterocycles. The van der Waals surface area contributed by atoms with Crippen LogP contribution >= 0.6 is 0 Å². The Balaban J connectivity index is 0.00000139. The third-order valence-electron chi connectivity index (χ3n) is 18.6. The van der Waals surface area contributed by atoms with Crippen molar-refractivity contribution in [3.8, 4) is 18.6 Å². The van der Waals surface area contributed by atoms with E-state index in [0.29, 0.717) is 35.7 Å². The summed E-state index contributed by atoms with van der Waals surface area (Å²) < 4.78 is 6.26. The van der Waals surface area contributed by atoms with Crippen molar-refractivity contribution in [1.29, 1.82) is 0 Å². The molecule has 1 aromatic carbocycles. The van der Waals surface area contributed by atoms with Gasteiger partial charge in [0.2, 0.25) is 0 Å². The van der Waals surface area contributed by atoms with E-state index >= 15 is 0 Å². The summed E-state index contributed by atoms with van der Waals surface area (Å²) >= 11 is 0. The highest BCUT2D eigenvalue weighted by atomic mass is 16.5. The quantitative estimate of drug-likeness (QED) is 0.150. The predicted molar refractivity (Wildman–Crippen MR) is 258 cm³/mol. The van der Waals surface area contributed by atoms with Crippen LogP contribution in [0.5, 0.6) is 5.75 Å². The number of aromatic hydroxyl groups is 1. The van der Waals surface area contributed by atoms with E-state index in [2.05, 4.69) is 85.3 Å². The van der Waals surface area contributed by atoms with Gasteiger partial charge in [-0.1, -0.05) is 107 Å². The molecule has 0 radical (unpaired) electrons. The van der Waals surface area contributed by atoms with Gasteiger partial charge < -0.3 is 14.9 Å². The maximum atomic E-state index is 14.3. The van der Waals surface area contributed by atoms with E-state index in [4.69, 9.17) is 4.74 Å². The van der Waals surface area contributed by atoms with Gasteiger partial charge in [0.25, 0.3) is 0 Å². The van der Waals surface area contributed by atoms with E-state index < -0.39 is 17.4 Å². The van der Waals surface area contributed by atoms with Crippen molar-refractivity contribution in [2.24, 2.45) is 56.2 Å². The highest BCUT2D eigenvalue weighted by molar-refractivity contribution is 6.00. The first-order chi connectivity index (χ1) is 29.6. The zero-order valence-corrected chi connectivity index (χ0v) is 42.3. The third kappa shape index (κ3) is 8.95. The van der Waals surface area contributed by atoms with Crippen molar-refractivity contribution in [1.82, 2.24) is 4.90 Å². The van der Waals surface area contributed by atoms with Crippen LogP contribution in [0, 0.1) is 69.0 Å². The van der Waals surface area contributed by atoms with Crippen LogP contribution in [0.1, 0.15) is 199 Å². The number of benzene rings is 1. The maximum Gasteiger partial charge on any atom is 0.309 e. The number of nitrogens with zero attached hydrogens (tertiary/aromatic N) is 1.